The van der Waals surface area contributed by atoms with E-state index < -0.39 is 0 Å². The fourth-order valence-electron chi connectivity index (χ4n) is 1.16. The van der Waals surface area contributed by atoms with E-state index in [1.807, 2.05) is 0 Å². The number of oxazole rings is 1. The summed E-state index contributed by atoms with van der Waals surface area (Å²) in [5.74, 6) is 0.863. The van der Waals surface area contributed by atoms with Crippen LogP contribution in [0.4, 0.5) is 6.01 Å². The van der Waals surface area contributed by atoms with Crippen molar-refractivity contribution in [2.45, 2.75) is 13.0 Å². The van der Waals surface area contributed by atoms with Crippen LogP contribution in [0.5, 0.6) is 0 Å². The highest BCUT2D eigenvalue weighted by Gasteiger charge is 2.15. The fourth-order valence-corrected chi connectivity index (χ4v) is 1.16. The first-order valence-electron chi connectivity index (χ1n) is 3.77. The van der Waals surface area contributed by atoms with Crippen LogP contribution >= 0.6 is 0 Å². The predicted octanol–water partition coefficient (Wildman–Crippen LogP) is 0.462. The van der Waals surface area contributed by atoms with E-state index in [-0.39, 0.29) is 6.01 Å². The number of aromatic nitrogens is 1. The van der Waals surface area contributed by atoms with Crippen LogP contribution in [0.3, 0.4) is 0 Å². The van der Waals surface area contributed by atoms with Gasteiger partial charge in [-0.15, -0.1) is 0 Å². The van der Waals surface area contributed by atoms with Crippen LogP contribution in [0.1, 0.15) is 12.2 Å². The quantitative estimate of drug-likeness (QED) is 0.670. The predicted molar refractivity (Wildman–Crippen MR) is 40.8 cm³/mol. The topological polar surface area (TPSA) is 55.3 Å². The standard InChI is InChI=1S/C7H11N3O/c8-7-9-4-6(11-7)5-10-2-1-3-10/h4H,1-3,5H2,(H2,8,9). The maximum Gasteiger partial charge on any atom is 0.292 e. The van der Waals surface area contributed by atoms with Crippen molar-refractivity contribution in [1.29, 1.82) is 0 Å². The summed E-state index contributed by atoms with van der Waals surface area (Å²) in [7, 11) is 0. The second-order valence-electron chi connectivity index (χ2n) is 2.79. The largest absolute Gasteiger partial charge is 0.428 e. The molecule has 1 fully saturated rings. The van der Waals surface area contributed by atoms with Crippen molar-refractivity contribution in [1.82, 2.24) is 9.88 Å². The Labute approximate surface area is 65.0 Å². The van der Waals surface area contributed by atoms with Gasteiger partial charge < -0.3 is 10.2 Å². The Morgan fingerprint density at radius 3 is 2.91 bits per heavy atom. The summed E-state index contributed by atoms with van der Waals surface area (Å²) < 4.78 is 5.11. The summed E-state index contributed by atoms with van der Waals surface area (Å²) in [6, 6.07) is 0.264. The minimum Gasteiger partial charge on any atom is -0.428 e. The lowest BCUT2D eigenvalue weighted by molar-refractivity contribution is 0.160. The van der Waals surface area contributed by atoms with Gasteiger partial charge in [0.05, 0.1) is 12.7 Å². The molecule has 2 rings (SSSR count). The van der Waals surface area contributed by atoms with Crippen molar-refractivity contribution in [3.8, 4) is 0 Å². The normalized spacial score (nSPS) is 18.2. The van der Waals surface area contributed by atoms with Crippen LogP contribution < -0.4 is 5.73 Å². The van der Waals surface area contributed by atoms with Crippen LogP contribution in [-0.2, 0) is 6.54 Å². The van der Waals surface area contributed by atoms with Crippen LogP contribution in [0.2, 0.25) is 0 Å². The number of hydrogen-bond donors (Lipinski definition) is 1. The maximum atomic E-state index is 5.32. The zero-order valence-corrected chi connectivity index (χ0v) is 6.29. The van der Waals surface area contributed by atoms with E-state index >= 15 is 0 Å². The van der Waals surface area contributed by atoms with Crippen molar-refractivity contribution in [2.75, 3.05) is 18.8 Å². The van der Waals surface area contributed by atoms with Crippen LogP contribution in [-0.4, -0.2) is 23.0 Å². The minimum atomic E-state index is 0.264. The highest BCUT2D eigenvalue weighted by Crippen LogP contribution is 2.13. The molecule has 0 amide bonds. The smallest absolute Gasteiger partial charge is 0.292 e. The molecule has 0 aromatic carbocycles. The third-order valence-corrected chi connectivity index (χ3v) is 1.90. The number of nitrogens with two attached hydrogens (primary N) is 1. The molecule has 60 valence electrons. The third kappa shape index (κ3) is 1.35. The van der Waals surface area contributed by atoms with Gasteiger partial charge in [0.25, 0.3) is 6.01 Å². The highest BCUT2D eigenvalue weighted by atomic mass is 16.4. The molecule has 1 saturated heterocycles. The number of anilines is 1. The van der Waals surface area contributed by atoms with Crippen molar-refractivity contribution in [2.24, 2.45) is 0 Å². The zero-order valence-electron chi connectivity index (χ0n) is 6.29. The lowest BCUT2D eigenvalue weighted by Crippen LogP contribution is -2.36. The van der Waals surface area contributed by atoms with Gasteiger partial charge in [-0.3, -0.25) is 4.90 Å². The van der Waals surface area contributed by atoms with E-state index in [2.05, 4.69) is 9.88 Å². The molecule has 11 heavy (non-hydrogen) atoms. The Bertz CT molecular complexity index is 242. The summed E-state index contributed by atoms with van der Waals surface area (Å²) in [6.07, 6.45) is 2.98. The second kappa shape index (κ2) is 2.54. The van der Waals surface area contributed by atoms with Gasteiger partial charge in [0.2, 0.25) is 0 Å². The Morgan fingerprint density at radius 2 is 2.45 bits per heavy atom. The number of hydrogen-bond acceptors (Lipinski definition) is 4. The molecule has 0 radical (unpaired) electrons. The van der Waals surface area contributed by atoms with Crippen molar-refractivity contribution in [3.05, 3.63) is 12.0 Å². The van der Waals surface area contributed by atoms with Crippen LogP contribution in [0.25, 0.3) is 0 Å². The lowest BCUT2D eigenvalue weighted by atomic mass is 10.2. The van der Waals surface area contributed by atoms with Gasteiger partial charge in [0, 0.05) is 0 Å². The number of rotatable bonds is 2. The van der Waals surface area contributed by atoms with E-state index in [1.165, 1.54) is 19.5 Å². The molecule has 4 heteroatoms. The Balaban J connectivity index is 1.95. The Hall–Kier alpha value is -1.03. The molecule has 2 N–H and O–H groups in total. The van der Waals surface area contributed by atoms with E-state index in [9.17, 15) is 0 Å². The first kappa shape index (κ1) is 6.67. The number of nitrogen functional groups attached to an aromatic ring is 1. The average molecular weight is 153 g/mol. The van der Waals surface area contributed by atoms with Gasteiger partial charge >= 0.3 is 0 Å². The molecule has 0 aliphatic carbocycles. The molecular weight excluding hydrogens is 142 g/mol. The molecular formula is C7H11N3O. The summed E-state index contributed by atoms with van der Waals surface area (Å²) in [5, 5.41) is 0. The van der Waals surface area contributed by atoms with Gasteiger partial charge in [-0.1, -0.05) is 0 Å². The molecule has 1 aromatic heterocycles. The van der Waals surface area contributed by atoms with Crippen molar-refractivity contribution < 1.29 is 4.42 Å². The first-order chi connectivity index (χ1) is 5.34. The van der Waals surface area contributed by atoms with Crippen molar-refractivity contribution in [3.63, 3.8) is 0 Å². The molecule has 2 heterocycles. The number of nitrogens with zero attached hydrogens (tertiary/aromatic N) is 2. The average Bonchev–Trinajstić information content (AvgIpc) is 2.27. The van der Waals surface area contributed by atoms with Gasteiger partial charge in [-0.25, -0.2) is 4.98 Å². The molecule has 1 aliphatic heterocycles. The van der Waals surface area contributed by atoms with E-state index in [4.69, 9.17) is 10.2 Å². The summed E-state index contributed by atoms with van der Waals surface area (Å²) in [4.78, 5) is 6.10. The Morgan fingerprint density at radius 1 is 1.64 bits per heavy atom. The number of likely N-dealkylation sites (tertiary alicyclic amines) is 1. The first-order valence-corrected chi connectivity index (χ1v) is 3.77. The van der Waals surface area contributed by atoms with E-state index in [0.717, 1.165) is 12.3 Å². The molecule has 0 atom stereocenters. The van der Waals surface area contributed by atoms with Gasteiger partial charge in [-0.2, -0.15) is 0 Å². The molecule has 4 nitrogen and oxygen atoms in total. The fraction of sp³-hybridized carbons (Fsp3) is 0.571. The third-order valence-electron chi connectivity index (χ3n) is 1.90. The molecule has 0 spiro atoms. The highest BCUT2D eigenvalue weighted by molar-refractivity contribution is 5.10. The van der Waals surface area contributed by atoms with Gasteiger partial charge in [0.15, 0.2) is 0 Å². The maximum absolute atomic E-state index is 5.32. The summed E-state index contributed by atoms with van der Waals surface area (Å²) in [5.41, 5.74) is 5.32. The second-order valence-corrected chi connectivity index (χ2v) is 2.79. The molecule has 0 bridgehead atoms. The SMILES string of the molecule is Nc1ncc(CN2CCC2)o1. The monoisotopic (exact) mass is 153 g/mol. The van der Waals surface area contributed by atoms with Crippen LogP contribution in [0, 0.1) is 0 Å². The van der Waals surface area contributed by atoms with E-state index in [1.54, 1.807) is 6.20 Å². The van der Waals surface area contributed by atoms with Gasteiger partial charge in [0.1, 0.15) is 5.76 Å². The van der Waals surface area contributed by atoms with Crippen LogP contribution in [0.15, 0.2) is 10.6 Å². The molecule has 0 unspecified atom stereocenters. The summed E-state index contributed by atoms with van der Waals surface area (Å²) >= 11 is 0. The molecule has 1 aromatic rings. The molecule has 0 saturated carbocycles. The minimum absolute atomic E-state index is 0.264. The summed E-state index contributed by atoms with van der Waals surface area (Å²) in [6.45, 7) is 3.19. The van der Waals surface area contributed by atoms with Gasteiger partial charge in [-0.05, 0) is 19.5 Å². The lowest BCUT2D eigenvalue weighted by Gasteiger charge is -2.29. The van der Waals surface area contributed by atoms with E-state index in [0.29, 0.717) is 0 Å². The zero-order chi connectivity index (χ0) is 7.68. The molecule has 1 aliphatic rings. The Kier molecular flexibility index (Phi) is 1.54. The van der Waals surface area contributed by atoms with Crippen molar-refractivity contribution >= 4 is 6.01 Å².